The molecule has 2 nitrogen and oxygen atoms in total. The van der Waals surface area contributed by atoms with E-state index in [0.29, 0.717) is 11.1 Å². The van der Waals surface area contributed by atoms with E-state index in [1.807, 2.05) is 48.5 Å². The monoisotopic (exact) mass is 804 g/mol. The molecule has 0 bridgehead atoms. The van der Waals surface area contributed by atoms with Gasteiger partial charge in [-0.3, -0.25) is 0 Å². The molecule has 0 saturated heterocycles. The first-order valence-electron chi connectivity index (χ1n) is 21.3. The molecule has 2 heteroatoms. The van der Waals surface area contributed by atoms with Gasteiger partial charge in [-0.2, -0.15) is 10.5 Å². The maximum absolute atomic E-state index is 9.50. The summed E-state index contributed by atoms with van der Waals surface area (Å²) in [5.74, 6) is 14.2. The molecule has 0 unspecified atom stereocenters. The summed E-state index contributed by atoms with van der Waals surface area (Å²) >= 11 is 0. The Hall–Kier alpha value is -9.18. The molecular formula is C62H32N2. The molecule has 0 aliphatic heterocycles. The molecule has 0 aromatic heterocycles. The van der Waals surface area contributed by atoms with Gasteiger partial charge in [0.25, 0.3) is 0 Å². The molecule has 0 aliphatic rings. The van der Waals surface area contributed by atoms with Gasteiger partial charge in [0.05, 0.1) is 23.3 Å². The number of nitriles is 2. The van der Waals surface area contributed by atoms with Crippen LogP contribution in [-0.4, -0.2) is 0 Å². The SMILES string of the molecule is N#Cc1ccc(C#Cc2cc(-c3c4ccccc4cc4ccccc34)c3ccc4c(-c5c6ccccc6cc6ccccc56)cc(C#Cc5ccc(C#N)cc5)c5ccc2c3c54)cc1. The second-order valence-corrected chi connectivity index (χ2v) is 16.3. The lowest BCUT2D eigenvalue weighted by Gasteiger charge is -2.21. The molecule has 0 amide bonds. The summed E-state index contributed by atoms with van der Waals surface area (Å²) in [6.45, 7) is 0. The molecule has 0 atom stereocenters. The predicted molar refractivity (Wildman–Crippen MR) is 265 cm³/mol. The Kier molecular flexibility index (Phi) is 8.46. The normalized spacial score (nSPS) is 11.2. The van der Waals surface area contributed by atoms with Gasteiger partial charge in [0.15, 0.2) is 0 Å². The lowest BCUT2D eigenvalue weighted by Crippen LogP contribution is -1.96. The number of rotatable bonds is 2. The first kappa shape index (κ1) is 36.7. The molecule has 12 aromatic carbocycles. The van der Waals surface area contributed by atoms with Crippen molar-refractivity contribution in [3.05, 3.63) is 228 Å². The van der Waals surface area contributed by atoms with E-state index >= 15 is 0 Å². The van der Waals surface area contributed by atoms with Crippen LogP contribution in [0.4, 0.5) is 0 Å². The molecule has 12 aromatic rings. The number of nitrogens with zero attached hydrogens (tertiary/aromatic N) is 2. The number of hydrogen-bond acceptors (Lipinski definition) is 2. The van der Waals surface area contributed by atoms with Crippen molar-refractivity contribution in [2.45, 2.75) is 0 Å². The van der Waals surface area contributed by atoms with Crippen LogP contribution in [0, 0.1) is 46.3 Å². The summed E-state index contributed by atoms with van der Waals surface area (Å²) in [6.07, 6.45) is 0. The highest BCUT2D eigenvalue weighted by atomic mass is 14.3. The van der Waals surface area contributed by atoms with Gasteiger partial charge in [-0.1, -0.05) is 145 Å². The first-order chi connectivity index (χ1) is 31.6. The van der Waals surface area contributed by atoms with Crippen LogP contribution in [0.5, 0.6) is 0 Å². The van der Waals surface area contributed by atoms with E-state index in [1.54, 1.807) is 0 Å². The summed E-state index contributed by atoms with van der Waals surface area (Å²) in [7, 11) is 0. The van der Waals surface area contributed by atoms with E-state index in [-0.39, 0.29) is 0 Å². The van der Waals surface area contributed by atoms with Crippen LogP contribution in [-0.2, 0) is 0 Å². The Balaban J connectivity index is 1.26. The molecular weight excluding hydrogens is 773 g/mol. The zero-order valence-electron chi connectivity index (χ0n) is 34.4. The van der Waals surface area contributed by atoms with Gasteiger partial charge in [0.1, 0.15) is 0 Å². The van der Waals surface area contributed by atoms with Crippen LogP contribution in [0.15, 0.2) is 194 Å². The van der Waals surface area contributed by atoms with E-state index in [0.717, 1.165) is 65.7 Å². The largest absolute Gasteiger partial charge is 0.192 e. The maximum atomic E-state index is 9.50. The fourth-order valence-corrected chi connectivity index (χ4v) is 9.76. The Morgan fingerprint density at radius 2 is 0.578 bits per heavy atom. The standard InChI is InChI=1S/C62H32N2/c63-37-41-21-17-39(18-22-41)25-27-47-35-57(59-49-13-5-1-9-43(49)33-44-10-2-6-14-50(44)59)55-31-32-56-58(60-51-15-7-3-11-45(51)34-46-12-4-8-16-52(46)60)36-48(54-30-29-53(47)61(55)62(54)56)28-26-40-19-23-42(38-64)24-20-40/h1-24,29-36H. The Morgan fingerprint density at radius 3 is 0.922 bits per heavy atom. The molecule has 0 heterocycles. The van der Waals surface area contributed by atoms with Gasteiger partial charge in [-0.05, 0) is 170 Å². The van der Waals surface area contributed by atoms with Crippen molar-refractivity contribution in [2.75, 3.05) is 0 Å². The van der Waals surface area contributed by atoms with Crippen molar-refractivity contribution in [3.63, 3.8) is 0 Å². The van der Waals surface area contributed by atoms with Crippen LogP contribution in [0.2, 0.25) is 0 Å². The Labute approximate surface area is 369 Å². The van der Waals surface area contributed by atoms with Gasteiger partial charge < -0.3 is 0 Å². The minimum atomic E-state index is 0.603. The van der Waals surface area contributed by atoms with E-state index in [9.17, 15) is 10.5 Å². The zero-order valence-corrected chi connectivity index (χ0v) is 34.4. The molecule has 12 rings (SSSR count). The van der Waals surface area contributed by atoms with E-state index in [4.69, 9.17) is 0 Å². The molecule has 0 fully saturated rings. The molecule has 0 radical (unpaired) electrons. The minimum absolute atomic E-state index is 0.603. The molecule has 0 spiro atoms. The molecule has 290 valence electrons. The smallest absolute Gasteiger partial charge is 0.0991 e. The topological polar surface area (TPSA) is 47.6 Å². The van der Waals surface area contributed by atoms with Gasteiger partial charge in [0.2, 0.25) is 0 Å². The zero-order chi connectivity index (χ0) is 42.7. The Morgan fingerprint density at radius 1 is 0.266 bits per heavy atom. The van der Waals surface area contributed by atoms with Crippen LogP contribution >= 0.6 is 0 Å². The van der Waals surface area contributed by atoms with Gasteiger partial charge >= 0.3 is 0 Å². The van der Waals surface area contributed by atoms with Crippen LogP contribution < -0.4 is 0 Å². The average Bonchev–Trinajstić information content (AvgIpc) is 3.35. The number of hydrogen-bond donors (Lipinski definition) is 0. The van der Waals surface area contributed by atoms with Crippen molar-refractivity contribution in [3.8, 4) is 58.1 Å². The van der Waals surface area contributed by atoms with E-state index in [2.05, 4.69) is 181 Å². The van der Waals surface area contributed by atoms with Crippen molar-refractivity contribution in [1.29, 1.82) is 10.5 Å². The fraction of sp³-hybridized carbons (Fsp3) is 0. The molecule has 0 saturated carbocycles. The lowest BCUT2D eigenvalue weighted by molar-refractivity contribution is 1.48. The molecule has 64 heavy (non-hydrogen) atoms. The highest BCUT2D eigenvalue weighted by Crippen LogP contribution is 2.49. The van der Waals surface area contributed by atoms with Crippen molar-refractivity contribution in [2.24, 2.45) is 0 Å². The third-order valence-electron chi connectivity index (χ3n) is 12.7. The van der Waals surface area contributed by atoms with Crippen LogP contribution in [0.25, 0.3) is 97.7 Å². The van der Waals surface area contributed by atoms with Crippen LogP contribution in [0.3, 0.4) is 0 Å². The second-order valence-electron chi connectivity index (χ2n) is 16.3. The summed E-state index contributed by atoms with van der Waals surface area (Å²) in [5, 5.41) is 35.1. The number of fused-ring (bicyclic) bond motifs is 4. The quantitative estimate of drug-likeness (QED) is 0.0993. The Bertz CT molecular complexity index is 3760. The van der Waals surface area contributed by atoms with E-state index in [1.165, 1.54) is 54.2 Å². The summed E-state index contributed by atoms with van der Waals surface area (Å²) in [5.41, 5.74) is 9.31. The molecule has 0 aliphatic carbocycles. The highest BCUT2D eigenvalue weighted by molar-refractivity contribution is 6.32. The predicted octanol–water partition coefficient (Wildman–Crippen LogP) is 15.1. The third-order valence-corrected chi connectivity index (χ3v) is 12.7. The van der Waals surface area contributed by atoms with Gasteiger partial charge in [0, 0.05) is 22.3 Å². The summed E-state index contributed by atoms with van der Waals surface area (Å²) in [6, 6.07) is 72.3. The van der Waals surface area contributed by atoms with E-state index < -0.39 is 0 Å². The fourth-order valence-electron chi connectivity index (χ4n) is 9.76. The third kappa shape index (κ3) is 5.92. The first-order valence-corrected chi connectivity index (χ1v) is 21.3. The van der Waals surface area contributed by atoms with Crippen LogP contribution in [0.1, 0.15) is 33.4 Å². The lowest BCUT2D eigenvalue weighted by atomic mass is 9.81. The number of benzene rings is 12. The summed E-state index contributed by atoms with van der Waals surface area (Å²) < 4.78 is 0. The van der Waals surface area contributed by atoms with Crippen molar-refractivity contribution in [1.82, 2.24) is 0 Å². The van der Waals surface area contributed by atoms with Crippen molar-refractivity contribution >= 4 is 75.4 Å². The van der Waals surface area contributed by atoms with Gasteiger partial charge in [-0.25, -0.2) is 0 Å². The molecule has 0 N–H and O–H groups in total. The van der Waals surface area contributed by atoms with Gasteiger partial charge in [-0.15, -0.1) is 0 Å². The highest BCUT2D eigenvalue weighted by Gasteiger charge is 2.22. The van der Waals surface area contributed by atoms with Crippen molar-refractivity contribution < 1.29 is 0 Å². The second kappa shape index (κ2) is 14.8. The average molecular weight is 805 g/mol. The maximum Gasteiger partial charge on any atom is 0.0991 e. The minimum Gasteiger partial charge on any atom is -0.192 e. The summed E-state index contributed by atoms with van der Waals surface area (Å²) in [4.78, 5) is 0.